The van der Waals surface area contributed by atoms with Crippen LogP contribution in [0.25, 0.3) is 0 Å². The Kier molecular flexibility index (Phi) is 4.46. The van der Waals surface area contributed by atoms with Crippen molar-refractivity contribution in [3.05, 3.63) is 58.9 Å². The molecule has 3 rings (SSSR count). The van der Waals surface area contributed by atoms with Gasteiger partial charge in [0.1, 0.15) is 11.6 Å². The summed E-state index contributed by atoms with van der Waals surface area (Å²) < 4.78 is 19.1. The minimum atomic E-state index is -0.782. The van der Waals surface area contributed by atoms with E-state index in [-0.39, 0.29) is 16.1 Å². The fourth-order valence-electron chi connectivity index (χ4n) is 2.00. The maximum atomic E-state index is 14.0. The lowest BCUT2D eigenvalue weighted by Gasteiger charge is -2.09. The third-order valence-electron chi connectivity index (χ3n) is 3.75. The summed E-state index contributed by atoms with van der Waals surface area (Å²) in [4.78, 5) is 11.9. The third-order valence-corrected chi connectivity index (χ3v) is 4.06. The highest BCUT2D eigenvalue weighted by Crippen LogP contribution is 2.44. The molecule has 1 saturated carbocycles. The van der Waals surface area contributed by atoms with Crippen LogP contribution in [0.2, 0.25) is 5.02 Å². The summed E-state index contributed by atoms with van der Waals surface area (Å²) in [6, 6.07) is 11.1. The Morgan fingerprint density at radius 2 is 2.00 bits per heavy atom. The van der Waals surface area contributed by atoms with E-state index in [1.54, 1.807) is 30.3 Å². The molecule has 0 unspecified atom stereocenters. The quantitative estimate of drug-likeness (QED) is 0.757. The zero-order valence-corrected chi connectivity index (χ0v) is 13.8. The highest BCUT2D eigenvalue weighted by Gasteiger charge is 2.35. The van der Waals surface area contributed by atoms with Crippen LogP contribution in [0.4, 0.5) is 14.9 Å². The highest BCUT2D eigenvalue weighted by molar-refractivity contribution is 6.31. The Bertz CT molecular complexity index is 836. The van der Waals surface area contributed by atoms with Crippen LogP contribution in [0.1, 0.15) is 25.3 Å². The van der Waals surface area contributed by atoms with Gasteiger partial charge in [0.05, 0.1) is 10.7 Å². The van der Waals surface area contributed by atoms with Crippen LogP contribution in [-0.2, 0) is 0 Å². The van der Waals surface area contributed by atoms with Gasteiger partial charge in [-0.15, -0.1) is 0 Å². The smallest absolute Gasteiger partial charge is 0.410 e. The number of carbonyl (C=O) groups is 1. The summed E-state index contributed by atoms with van der Waals surface area (Å²) in [6.45, 7) is 2.06. The number of hydrogen-bond acceptors (Lipinski definition) is 2. The van der Waals surface area contributed by atoms with Crippen molar-refractivity contribution in [2.75, 3.05) is 5.32 Å². The van der Waals surface area contributed by atoms with E-state index in [1.165, 1.54) is 6.07 Å². The maximum absolute atomic E-state index is 14.0. The number of nitrogens with one attached hydrogen (secondary N) is 1. The van der Waals surface area contributed by atoms with Gasteiger partial charge in [-0.3, -0.25) is 5.32 Å². The van der Waals surface area contributed by atoms with Crippen molar-refractivity contribution in [2.45, 2.75) is 19.8 Å². The lowest BCUT2D eigenvalue weighted by molar-refractivity contribution is 0.215. The van der Waals surface area contributed by atoms with E-state index < -0.39 is 11.9 Å². The summed E-state index contributed by atoms with van der Waals surface area (Å²) in [5.74, 6) is 5.82. The van der Waals surface area contributed by atoms with Gasteiger partial charge in [-0.25, -0.2) is 9.18 Å². The molecule has 0 heterocycles. The molecule has 0 aliphatic heterocycles. The molecule has 0 saturated heterocycles. The second-order valence-corrected chi connectivity index (χ2v) is 6.36. The van der Waals surface area contributed by atoms with Crippen LogP contribution in [0.15, 0.2) is 42.5 Å². The van der Waals surface area contributed by atoms with Crippen LogP contribution in [0.5, 0.6) is 5.75 Å². The summed E-state index contributed by atoms with van der Waals surface area (Å²) >= 11 is 6.03. The SMILES string of the molecule is CC1(C#Cc2cc(NC(=O)Oc3ccccc3)c(F)cc2Cl)CC1. The molecule has 1 amide bonds. The summed E-state index contributed by atoms with van der Waals surface area (Å²) in [7, 11) is 0. The van der Waals surface area contributed by atoms with Gasteiger partial charge in [0.2, 0.25) is 0 Å². The summed E-state index contributed by atoms with van der Waals surface area (Å²) in [6.07, 6.45) is 1.32. The molecule has 3 nitrogen and oxygen atoms in total. The van der Waals surface area contributed by atoms with Crippen LogP contribution in [-0.4, -0.2) is 6.09 Å². The van der Waals surface area contributed by atoms with Crippen molar-refractivity contribution in [2.24, 2.45) is 5.41 Å². The molecular formula is C19H15ClFNO2. The van der Waals surface area contributed by atoms with Crippen LogP contribution < -0.4 is 10.1 Å². The average molecular weight is 344 g/mol. The molecule has 2 aromatic rings. The molecule has 24 heavy (non-hydrogen) atoms. The van der Waals surface area contributed by atoms with Crippen molar-refractivity contribution >= 4 is 23.4 Å². The van der Waals surface area contributed by atoms with E-state index in [0.717, 1.165) is 18.9 Å². The minimum absolute atomic E-state index is 0.0226. The highest BCUT2D eigenvalue weighted by atomic mass is 35.5. The van der Waals surface area contributed by atoms with Gasteiger partial charge in [-0.2, -0.15) is 0 Å². The number of hydrogen-bond donors (Lipinski definition) is 1. The van der Waals surface area contributed by atoms with Crippen molar-refractivity contribution in [3.63, 3.8) is 0 Å². The number of ether oxygens (including phenoxy) is 1. The number of amides is 1. The summed E-state index contributed by atoms with van der Waals surface area (Å²) in [5, 5.41) is 2.59. The lowest BCUT2D eigenvalue weighted by Crippen LogP contribution is -2.17. The largest absolute Gasteiger partial charge is 0.417 e. The van der Waals surface area contributed by atoms with Crippen molar-refractivity contribution in [1.82, 2.24) is 0 Å². The molecular weight excluding hydrogens is 329 g/mol. The zero-order valence-electron chi connectivity index (χ0n) is 13.0. The number of anilines is 1. The van der Waals surface area contributed by atoms with E-state index in [2.05, 4.69) is 24.1 Å². The van der Waals surface area contributed by atoms with Gasteiger partial charge in [0.25, 0.3) is 0 Å². The van der Waals surface area contributed by atoms with E-state index in [9.17, 15) is 9.18 Å². The monoisotopic (exact) mass is 343 g/mol. The van der Waals surface area contributed by atoms with Gasteiger partial charge in [0.15, 0.2) is 0 Å². The van der Waals surface area contributed by atoms with Gasteiger partial charge >= 0.3 is 6.09 Å². The second-order valence-electron chi connectivity index (χ2n) is 5.95. The average Bonchev–Trinajstić information content (AvgIpc) is 3.28. The van der Waals surface area contributed by atoms with Crippen LogP contribution >= 0.6 is 11.6 Å². The Balaban J connectivity index is 1.77. The molecule has 2 aromatic carbocycles. The predicted octanol–water partition coefficient (Wildman–Crippen LogP) is 5.24. The van der Waals surface area contributed by atoms with Crippen molar-refractivity contribution in [1.29, 1.82) is 0 Å². The van der Waals surface area contributed by atoms with Gasteiger partial charge in [-0.05, 0) is 44.0 Å². The molecule has 0 aromatic heterocycles. The number of benzene rings is 2. The van der Waals surface area contributed by atoms with Crippen LogP contribution in [0.3, 0.4) is 0 Å². The molecule has 1 aliphatic rings. The van der Waals surface area contributed by atoms with E-state index >= 15 is 0 Å². The van der Waals surface area contributed by atoms with Crippen LogP contribution in [0, 0.1) is 23.1 Å². The predicted molar refractivity (Wildman–Crippen MR) is 91.7 cm³/mol. The molecule has 1 aliphatic carbocycles. The Hall–Kier alpha value is -2.51. The molecule has 0 atom stereocenters. The first kappa shape index (κ1) is 16.4. The molecule has 1 fully saturated rings. The molecule has 5 heteroatoms. The van der Waals surface area contributed by atoms with Gasteiger partial charge < -0.3 is 4.74 Å². The summed E-state index contributed by atoms with van der Waals surface area (Å²) in [5.41, 5.74) is 0.476. The zero-order chi connectivity index (χ0) is 17.2. The molecule has 0 bridgehead atoms. The Morgan fingerprint density at radius 1 is 1.29 bits per heavy atom. The van der Waals surface area contributed by atoms with E-state index in [4.69, 9.17) is 16.3 Å². The number of para-hydroxylation sites is 1. The molecule has 1 N–H and O–H groups in total. The first-order chi connectivity index (χ1) is 11.5. The molecule has 122 valence electrons. The molecule has 0 radical (unpaired) electrons. The Labute approximate surface area is 144 Å². The normalized spacial score (nSPS) is 14.3. The fraction of sp³-hybridized carbons (Fsp3) is 0.211. The second kappa shape index (κ2) is 6.54. The minimum Gasteiger partial charge on any atom is -0.410 e. The van der Waals surface area contributed by atoms with Crippen molar-refractivity contribution < 1.29 is 13.9 Å². The standard InChI is InChI=1S/C19H15ClFNO2/c1-19(9-10-19)8-7-13-11-17(16(21)12-15(13)20)22-18(23)24-14-5-3-2-4-6-14/h2-6,11-12H,9-10H2,1H3,(H,22,23). The van der Waals surface area contributed by atoms with Gasteiger partial charge in [0, 0.05) is 11.0 Å². The first-order valence-corrected chi connectivity index (χ1v) is 7.89. The maximum Gasteiger partial charge on any atom is 0.417 e. The van der Waals surface area contributed by atoms with Gasteiger partial charge in [-0.1, -0.05) is 41.6 Å². The lowest BCUT2D eigenvalue weighted by atomic mass is 10.1. The number of rotatable bonds is 2. The van der Waals surface area contributed by atoms with E-state index in [1.807, 2.05) is 0 Å². The number of carbonyl (C=O) groups excluding carboxylic acids is 1. The third kappa shape index (κ3) is 4.06. The Morgan fingerprint density at radius 3 is 2.67 bits per heavy atom. The molecule has 0 spiro atoms. The van der Waals surface area contributed by atoms with E-state index in [0.29, 0.717) is 11.3 Å². The first-order valence-electron chi connectivity index (χ1n) is 7.51. The van der Waals surface area contributed by atoms with Crippen molar-refractivity contribution in [3.8, 4) is 17.6 Å². The number of halogens is 2. The topological polar surface area (TPSA) is 38.3 Å². The fourth-order valence-corrected chi connectivity index (χ4v) is 2.20.